The van der Waals surface area contributed by atoms with Gasteiger partial charge in [0.2, 0.25) is 0 Å². The molecule has 1 unspecified atom stereocenters. The zero-order valence-corrected chi connectivity index (χ0v) is 25.7. The van der Waals surface area contributed by atoms with Crippen molar-refractivity contribution >= 4 is 27.9 Å². The summed E-state index contributed by atoms with van der Waals surface area (Å²) in [4.78, 5) is 41.1. The molecule has 0 saturated carbocycles. The number of aryl methyl sites for hydroxylation is 2. The lowest BCUT2D eigenvalue weighted by Gasteiger charge is -2.17. The zero-order chi connectivity index (χ0) is 29.9. The fraction of sp³-hybridized carbons (Fsp3) is 0.500. The minimum atomic E-state index is -0.636. The maximum Gasteiger partial charge on any atom is 0.169 e. The summed E-state index contributed by atoms with van der Waals surface area (Å²) >= 11 is 0. The second kappa shape index (κ2) is 11.1. The largest absolute Gasteiger partial charge is 0.389 e. The van der Waals surface area contributed by atoms with Crippen LogP contribution in [0.2, 0.25) is 0 Å². The van der Waals surface area contributed by atoms with Crippen molar-refractivity contribution in [2.75, 3.05) is 13.7 Å². The van der Waals surface area contributed by atoms with Gasteiger partial charge in [0.05, 0.1) is 31.0 Å². The predicted molar refractivity (Wildman–Crippen MR) is 164 cm³/mol. The van der Waals surface area contributed by atoms with Crippen molar-refractivity contribution in [1.82, 2.24) is 19.9 Å². The molecule has 0 radical (unpaired) electrons. The first-order valence-corrected chi connectivity index (χ1v) is 15.3. The van der Waals surface area contributed by atoms with Gasteiger partial charge in [0.15, 0.2) is 5.78 Å². The average molecular weight is 571 g/mol. The van der Waals surface area contributed by atoms with Crippen LogP contribution in [0.15, 0.2) is 18.2 Å². The van der Waals surface area contributed by atoms with E-state index in [0.717, 1.165) is 91.9 Å². The second-order valence-electron chi connectivity index (χ2n) is 12.3. The fourth-order valence-electron chi connectivity index (χ4n) is 7.50. The highest BCUT2D eigenvalue weighted by Crippen LogP contribution is 2.45. The van der Waals surface area contributed by atoms with E-state index in [0.29, 0.717) is 13.0 Å². The molecular weight excluding hydrogens is 528 g/mol. The topological polar surface area (TPSA) is 113 Å². The molecule has 0 saturated heterocycles. The first kappa shape index (κ1) is 28.8. The van der Waals surface area contributed by atoms with Gasteiger partial charge in [-0.1, -0.05) is 20.8 Å². The van der Waals surface area contributed by atoms with Crippen LogP contribution in [-0.4, -0.2) is 44.5 Å². The van der Waals surface area contributed by atoms with E-state index in [1.807, 2.05) is 13.8 Å². The molecule has 222 valence electrons. The van der Waals surface area contributed by atoms with Crippen molar-refractivity contribution in [1.29, 1.82) is 0 Å². The second-order valence-corrected chi connectivity index (χ2v) is 12.3. The molecule has 8 heteroatoms. The third kappa shape index (κ3) is 4.60. The Labute approximate surface area is 246 Å². The summed E-state index contributed by atoms with van der Waals surface area (Å²) in [5.41, 5.74) is 12.3. The third-order valence-electron chi connectivity index (χ3n) is 9.86. The van der Waals surface area contributed by atoms with E-state index in [2.05, 4.69) is 55.9 Å². The van der Waals surface area contributed by atoms with Crippen LogP contribution in [0.1, 0.15) is 132 Å². The first-order chi connectivity index (χ1) is 20.1. The number of hydrogen-bond acceptors (Lipinski definition) is 6. The summed E-state index contributed by atoms with van der Waals surface area (Å²) in [6.07, 6.45) is 2.35. The summed E-state index contributed by atoms with van der Waals surface area (Å²) in [5, 5.41) is 10.8. The van der Waals surface area contributed by atoms with E-state index >= 15 is 0 Å². The van der Waals surface area contributed by atoms with Crippen molar-refractivity contribution in [3.8, 4) is 0 Å². The van der Waals surface area contributed by atoms with Gasteiger partial charge in [0.1, 0.15) is 0 Å². The number of nitrogens with zero attached hydrogens (tertiary/aromatic N) is 2. The number of rotatable bonds is 7. The number of Topliss-reactive ketones (excluding diaryl/α,β-unsaturated/α-hetero) is 1. The normalized spacial score (nSPS) is 22.2. The zero-order valence-electron chi connectivity index (χ0n) is 25.7. The van der Waals surface area contributed by atoms with Gasteiger partial charge in [0, 0.05) is 80.4 Å². The van der Waals surface area contributed by atoms with Crippen molar-refractivity contribution in [3.05, 3.63) is 68.8 Å². The SMILES string of the molecule is CC[C@H]1c2cc3[nH]c4c(c5nc(cc6[nH]c(cc(n2)[C@@H]1C)c(C(C)O)c6C)[C@@H](C)[C@@H]5CCCOOC)CC(=O)c4c3C. The number of H-pyrrole nitrogens is 2. The molecule has 5 atom stereocenters. The van der Waals surface area contributed by atoms with Crippen molar-refractivity contribution in [3.63, 3.8) is 0 Å². The molecule has 1 aliphatic carbocycles. The average Bonchev–Trinajstić information content (AvgIpc) is 3.69. The Bertz CT molecular complexity index is 1720. The molecule has 8 bridgehead atoms. The van der Waals surface area contributed by atoms with Gasteiger partial charge < -0.3 is 15.1 Å². The number of aliphatic hydroxyl groups excluding tert-OH is 1. The van der Waals surface area contributed by atoms with Crippen LogP contribution < -0.4 is 0 Å². The molecule has 2 aliphatic heterocycles. The van der Waals surface area contributed by atoms with Crippen LogP contribution in [0.25, 0.3) is 22.1 Å². The fourth-order valence-corrected chi connectivity index (χ4v) is 7.50. The maximum absolute atomic E-state index is 13.5. The number of carbonyl (C=O) groups excluding carboxylic acids is 1. The molecule has 0 amide bonds. The van der Waals surface area contributed by atoms with Crippen molar-refractivity contribution in [2.24, 2.45) is 0 Å². The molecule has 42 heavy (non-hydrogen) atoms. The summed E-state index contributed by atoms with van der Waals surface area (Å²) in [6, 6.07) is 6.38. The van der Waals surface area contributed by atoms with Gasteiger partial charge in [-0.05, 0) is 69.4 Å². The predicted octanol–water partition coefficient (Wildman–Crippen LogP) is 7.27. The highest BCUT2D eigenvalue weighted by atomic mass is 17.2. The third-order valence-corrected chi connectivity index (χ3v) is 9.86. The molecule has 3 aromatic heterocycles. The quantitative estimate of drug-likeness (QED) is 0.156. The molecule has 8 nitrogen and oxygen atoms in total. The van der Waals surface area contributed by atoms with Crippen LogP contribution in [0.4, 0.5) is 0 Å². The minimum Gasteiger partial charge on any atom is -0.389 e. The number of ketones is 1. The molecule has 0 aromatic carbocycles. The molecule has 0 spiro atoms. The van der Waals surface area contributed by atoms with E-state index in [1.165, 1.54) is 7.11 Å². The standard InChI is InChI=1S/C34H42N4O4/c1-8-21-16(2)24-15-29-31(20(6)39)18(4)26(36-29)13-25-17(3)22(10-9-11-42-41-7)33(37-25)23-12-30(40)32-19(5)27(38-34(23)32)14-28(21)35-24/h13-17,20-22,36,38-39H,8-12H2,1-7H3/t16-,17+,20?,21-,22+/m1/s1. The van der Waals surface area contributed by atoms with Crippen LogP contribution in [-0.2, 0) is 16.2 Å². The minimum absolute atomic E-state index is 0.135. The van der Waals surface area contributed by atoms with Gasteiger partial charge in [-0.15, -0.1) is 0 Å². The van der Waals surface area contributed by atoms with Gasteiger partial charge in [0.25, 0.3) is 0 Å². The number of carbonyl (C=O) groups is 1. The number of aliphatic hydroxyl groups is 1. The van der Waals surface area contributed by atoms with Gasteiger partial charge in [-0.2, -0.15) is 0 Å². The smallest absolute Gasteiger partial charge is 0.169 e. The lowest BCUT2D eigenvalue weighted by Crippen LogP contribution is -2.07. The Morgan fingerprint density at radius 2 is 1.64 bits per heavy atom. The first-order valence-electron chi connectivity index (χ1n) is 15.3. The monoisotopic (exact) mass is 570 g/mol. The summed E-state index contributed by atoms with van der Waals surface area (Å²) in [7, 11) is 1.53. The summed E-state index contributed by atoms with van der Waals surface area (Å²) in [5.74, 6) is 0.898. The Hall–Kier alpha value is -3.33. The van der Waals surface area contributed by atoms with Crippen molar-refractivity contribution < 1.29 is 19.7 Å². The number of aromatic nitrogens is 4. The molecule has 3 N–H and O–H groups in total. The van der Waals surface area contributed by atoms with Gasteiger partial charge in [-0.3, -0.25) is 14.8 Å². The number of hydrogen-bond donors (Lipinski definition) is 3. The highest BCUT2D eigenvalue weighted by molar-refractivity contribution is 6.13. The van der Waals surface area contributed by atoms with Gasteiger partial charge >= 0.3 is 0 Å². The lowest BCUT2D eigenvalue weighted by molar-refractivity contribution is -0.272. The molecular formula is C34H42N4O4. The number of fused-ring (bicyclic) bond motifs is 8. The van der Waals surface area contributed by atoms with E-state index in [1.54, 1.807) is 0 Å². The highest BCUT2D eigenvalue weighted by Gasteiger charge is 2.36. The summed E-state index contributed by atoms with van der Waals surface area (Å²) in [6.45, 7) is 13.0. The van der Waals surface area contributed by atoms with E-state index in [4.69, 9.17) is 19.7 Å². The van der Waals surface area contributed by atoms with E-state index in [9.17, 15) is 9.90 Å². The van der Waals surface area contributed by atoms with E-state index in [-0.39, 0.29) is 29.5 Å². The van der Waals surface area contributed by atoms with Crippen LogP contribution in [0, 0.1) is 13.8 Å². The number of aromatic amines is 2. The van der Waals surface area contributed by atoms with Crippen LogP contribution >= 0.6 is 0 Å². The Morgan fingerprint density at radius 3 is 2.36 bits per heavy atom. The van der Waals surface area contributed by atoms with Crippen molar-refractivity contribution in [2.45, 2.75) is 97.0 Å². The Kier molecular flexibility index (Phi) is 7.58. The lowest BCUT2D eigenvalue weighted by atomic mass is 9.86. The van der Waals surface area contributed by atoms with Crippen LogP contribution in [0.3, 0.4) is 0 Å². The maximum atomic E-state index is 13.5. The van der Waals surface area contributed by atoms with Gasteiger partial charge in [-0.25, -0.2) is 9.78 Å². The molecule has 0 fully saturated rings. The summed E-state index contributed by atoms with van der Waals surface area (Å²) < 4.78 is 0. The molecule has 6 rings (SSSR count). The molecule has 5 heterocycles. The Morgan fingerprint density at radius 1 is 0.976 bits per heavy atom. The number of nitrogens with one attached hydrogen (secondary N) is 2. The Balaban J connectivity index is 1.70. The molecule has 3 aromatic rings. The van der Waals surface area contributed by atoms with Crippen LogP contribution in [0.5, 0.6) is 0 Å². The molecule has 3 aliphatic rings. The van der Waals surface area contributed by atoms with E-state index < -0.39 is 6.10 Å².